The number of amides is 1. The van der Waals surface area contributed by atoms with Gasteiger partial charge in [0.1, 0.15) is 0 Å². The first-order chi connectivity index (χ1) is 12.3. The van der Waals surface area contributed by atoms with E-state index in [0.717, 1.165) is 88.7 Å². The van der Waals surface area contributed by atoms with Crippen molar-refractivity contribution >= 4 is 11.9 Å². The van der Waals surface area contributed by atoms with Crippen molar-refractivity contribution < 1.29 is 9.53 Å². The number of carbonyl (C=O) groups is 1. The van der Waals surface area contributed by atoms with Gasteiger partial charge >= 0.3 is 0 Å². The Kier molecular flexibility index (Phi) is 5.15. The monoisotopic (exact) mass is 344 g/mol. The summed E-state index contributed by atoms with van der Waals surface area (Å²) >= 11 is 0. The summed E-state index contributed by atoms with van der Waals surface area (Å²) in [4.78, 5) is 26.6. The summed E-state index contributed by atoms with van der Waals surface area (Å²) in [6.07, 6.45) is 9.39. The van der Waals surface area contributed by atoms with Crippen molar-refractivity contribution in [2.24, 2.45) is 5.92 Å². The fourth-order valence-corrected chi connectivity index (χ4v) is 4.17. The molecule has 6 heteroatoms. The molecule has 1 atom stereocenters. The van der Waals surface area contributed by atoms with Crippen molar-refractivity contribution in [1.82, 2.24) is 14.9 Å². The van der Waals surface area contributed by atoms with Crippen LogP contribution in [0.3, 0.4) is 0 Å². The Hall–Kier alpha value is -1.69. The van der Waals surface area contributed by atoms with E-state index < -0.39 is 0 Å². The van der Waals surface area contributed by atoms with Crippen LogP contribution in [0.25, 0.3) is 0 Å². The molecule has 0 unspecified atom stereocenters. The van der Waals surface area contributed by atoms with Crippen molar-refractivity contribution in [2.45, 2.75) is 44.9 Å². The first-order valence-corrected chi connectivity index (χ1v) is 9.77. The summed E-state index contributed by atoms with van der Waals surface area (Å²) in [5.74, 6) is 1.28. The van der Waals surface area contributed by atoms with Gasteiger partial charge in [0.15, 0.2) is 0 Å². The SMILES string of the molecule is O=C([C@@H]1CCc2nc(N3CCOCC3)ncc2C1)N1CCCCCC1. The predicted molar refractivity (Wildman–Crippen MR) is 95.6 cm³/mol. The number of hydrogen-bond acceptors (Lipinski definition) is 5. The van der Waals surface area contributed by atoms with Gasteiger partial charge in [-0.05, 0) is 37.7 Å². The minimum atomic E-state index is 0.114. The van der Waals surface area contributed by atoms with Gasteiger partial charge in [-0.1, -0.05) is 12.8 Å². The van der Waals surface area contributed by atoms with Crippen LogP contribution in [0.5, 0.6) is 0 Å². The Balaban J connectivity index is 1.43. The highest BCUT2D eigenvalue weighted by Gasteiger charge is 2.30. The molecular formula is C19H28N4O2. The van der Waals surface area contributed by atoms with Crippen molar-refractivity contribution in [3.8, 4) is 0 Å². The summed E-state index contributed by atoms with van der Waals surface area (Å²) in [6.45, 7) is 5.08. The normalized spacial score (nSPS) is 24.6. The molecule has 0 spiro atoms. The second-order valence-corrected chi connectivity index (χ2v) is 7.42. The van der Waals surface area contributed by atoms with Crippen LogP contribution in [0, 0.1) is 5.92 Å². The maximum Gasteiger partial charge on any atom is 0.226 e. The van der Waals surface area contributed by atoms with Gasteiger partial charge in [0.2, 0.25) is 11.9 Å². The number of nitrogens with zero attached hydrogens (tertiary/aromatic N) is 4. The molecule has 4 rings (SSSR count). The first-order valence-electron chi connectivity index (χ1n) is 9.77. The predicted octanol–water partition coefficient (Wildman–Crippen LogP) is 1.82. The number of aromatic nitrogens is 2. The van der Waals surface area contributed by atoms with E-state index in [1.165, 1.54) is 12.8 Å². The zero-order valence-electron chi connectivity index (χ0n) is 15.0. The van der Waals surface area contributed by atoms with Crippen LogP contribution in [-0.2, 0) is 22.4 Å². The highest BCUT2D eigenvalue weighted by Crippen LogP contribution is 2.27. The third kappa shape index (κ3) is 3.78. The Morgan fingerprint density at radius 1 is 1.08 bits per heavy atom. The molecular weight excluding hydrogens is 316 g/mol. The van der Waals surface area contributed by atoms with Gasteiger partial charge in [-0.3, -0.25) is 4.79 Å². The van der Waals surface area contributed by atoms with Gasteiger partial charge < -0.3 is 14.5 Å². The molecule has 1 aromatic heterocycles. The Labute approximate surface area is 149 Å². The van der Waals surface area contributed by atoms with E-state index in [2.05, 4.69) is 14.8 Å². The van der Waals surface area contributed by atoms with Gasteiger partial charge in [-0.25, -0.2) is 9.97 Å². The van der Waals surface area contributed by atoms with Crippen molar-refractivity contribution in [2.75, 3.05) is 44.3 Å². The average molecular weight is 344 g/mol. The third-order valence-electron chi connectivity index (χ3n) is 5.70. The molecule has 2 aliphatic heterocycles. The maximum atomic E-state index is 12.9. The van der Waals surface area contributed by atoms with Crippen LogP contribution in [-0.4, -0.2) is 60.2 Å². The zero-order chi connectivity index (χ0) is 17.1. The molecule has 0 N–H and O–H groups in total. The largest absolute Gasteiger partial charge is 0.378 e. The zero-order valence-corrected chi connectivity index (χ0v) is 15.0. The fourth-order valence-electron chi connectivity index (χ4n) is 4.17. The number of likely N-dealkylation sites (tertiary alicyclic amines) is 1. The van der Waals surface area contributed by atoms with Gasteiger partial charge in [0.05, 0.1) is 13.2 Å². The van der Waals surface area contributed by atoms with Crippen molar-refractivity contribution in [3.63, 3.8) is 0 Å². The van der Waals surface area contributed by atoms with Gasteiger partial charge in [-0.15, -0.1) is 0 Å². The number of carbonyl (C=O) groups excluding carboxylic acids is 1. The summed E-state index contributed by atoms with van der Waals surface area (Å²) < 4.78 is 5.40. The standard InChI is InChI=1S/C19H28N4O2/c24-18(22-7-3-1-2-4-8-22)15-5-6-17-16(13-15)14-20-19(21-17)23-9-11-25-12-10-23/h14-15H,1-13H2/t15-/m1/s1. The second-order valence-electron chi connectivity index (χ2n) is 7.42. The van der Waals surface area contributed by atoms with Crippen LogP contribution in [0.4, 0.5) is 5.95 Å². The lowest BCUT2D eigenvalue weighted by molar-refractivity contribution is -0.135. The van der Waals surface area contributed by atoms with E-state index in [9.17, 15) is 4.79 Å². The Bertz CT molecular complexity index is 607. The van der Waals surface area contributed by atoms with Crippen LogP contribution in [0.2, 0.25) is 0 Å². The molecule has 6 nitrogen and oxygen atoms in total. The van der Waals surface area contributed by atoms with Crippen LogP contribution in [0.15, 0.2) is 6.20 Å². The smallest absolute Gasteiger partial charge is 0.226 e. The van der Waals surface area contributed by atoms with E-state index >= 15 is 0 Å². The molecule has 1 aliphatic carbocycles. The van der Waals surface area contributed by atoms with E-state index in [4.69, 9.17) is 9.72 Å². The second kappa shape index (κ2) is 7.68. The van der Waals surface area contributed by atoms with Crippen LogP contribution >= 0.6 is 0 Å². The maximum absolute atomic E-state index is 12.9. The minimum Gasteiger partial charge on any atom is -0.378 e. The van der Waals surface area contributed by atoms with Gasteiger partial charge in [-0.2, -0.15) is 0 Å². The number of aryl methyl sites for hydroxylation is 1. The molecule has 0 saturated carbocycles. The summed E-state index contributed by atoms with van der Waals surface area (Å²) in [6, 6.07) is 0. The topological polar surface area (TPSA) is 58.6 Å². The number of anilines is 1. The lowest BCUT2D eigenvalue weighted by Gasteiger charge is -2.30. The van der Waals surface area contributed by atoms with Crippen molar-refractivity contribution in [1.29, 1.82) is 0 Å². The summed E-state index contributed by atoms with van der Waals surface area (Å²) in [5, 5.41) is 0. The van der Waals surface area contributed by atoms with Gasteiger partial charge in [0, 0.05) is 44.0 Å². The van der Waals surface area contributed by atoms with E-state index in [0.29, 0.717) is 5.91 Å². The van der Waals surface area contributed by atoms with Crippen molar-refractivity contribution in [3.05, 3.63) is 17.5 Å². The van der Waals surface area contributed by atoms with E-state index in [1.807, 2.05) is 6.20 Å². The van der Waals surface area contributed by atoms with Crippen LogP contribution in [0.1, 0.15) is 43.4 Å². The average Bonchev–Trinajstić information content (AvgIpc) is 2.97. The highest BCUT2D eigenvalue weighted by molar-refractivity contribution is 5.79. The van der Waals surface area contributed by atoms with Gasteiger partial charge in [0.25, 0.3) is 0 Å². The third-order valence-corrected chi connectivity index (χ3v) is 5.70. The molecule has 25 heavy (non-hydrogen) atoms. The summed E-state index contributed by atoms with van der Waals surface area (Å²) in [7, 11) is 0. The quantitative estimate of drug-likeness (QED) is 0.819. The fraction of sp³-hybridized carbons (Fsp3) is 0.737. The number of morpholine rings is 1. The molecule has 3 heterocycles. The summed E-state index contributed by atoms with van der Waals surface area (Å²) in [5.41, 5.74) is 2.30. The Morgan fingerprint density at radius 2 is 1.84 bits per heavy atom. The number of ether oxygens (including phenoxy) is 1. The number of fused-ring (bicyclic) bond motifs is 1. The lowest BCUT2D eigenvalue weighted by atomic mass is 9.86. The van der Waals surface area contributed by atoms with E-state index in [-0.39, 0.29) is 5.92 Å². The van der Waals surface area contributed by atoms with E-state index in [1.54, 1.807) is 0 Å². The molecule has 0 aromatic carbocycles. The molecule has 0 radical (unpaired) electrons. The molecule has 2 saturated heterocycles. The highest BCUT2D eigenvalue weighted by atomic mass is 16.5. The lowest BCUT2D eigenvalue weighted by Crippen LogP contribution is -2.40. The van der Waals surface area contributed by atoms with Crippen LogP contribution < -0.4 is 4.90 Å². The molecule has 1 amide bonds. The first kappa shape index (κ1) is 16.8. The Morgan fingerprint density at radius 3 is 2.60 bits per heavy atom. The number of rotatable bonds is 2. The molecule has 0 bridgehead atoms. The number of hydrogen-bond donors (Lipinski definition) is 0. The minimum absolute atomic E-state index is 0.114. The molecule has 136 valence electrons. The molecule has 1 aromatic rings. The molecule has 3 aliphatic rings. The molecule has 2 fully saturated rings.